The number of fused-ring (bicyclic) bond motifs is 1. The second kappa shape index (κ2) is 6.61. The third-order valence-corrected chi connectivity index (χ3v) is 3.23. The number of anilines is 2. The molecule has 1 amide bonds. The second-order valence-corrected chi connectivity index (χ2v) is 4.70. The maximum atomic E-state index is 12.3. The van der Waals surface area contributed by atoms with Gasteiger partial charge in [0.05, 0.1) is 10.7 Å². The van der Waals surface area contributed by atoms with E-state index in [1.165, 1.54) is 12.1 Å². The lowest BCUT2D eigenvalue weighted by Gasteiger charge is -2.11. The van der Waals surface area contributed by atoms with Crippen LogP contribution in [0.3, 0.4) is 0 Å². The number of nitroso groups, excluding NO2 is 1. The molecule has 1 heterocycles. The van der Waals surface area contributed by atoms with Gasteiger partial charge in [-0.2, -0.15) is 0 Å². The molecule has 120 valence electrons. The van der Waals surface area contributed by atoms with Crippen LogP contribution in [0.15, 0.2) is 63.2 Å². The number of carbonyl (C=O) groups excluding carboxylic acids is 1. The lowest BCUT2D eigenvalue weighted by Crippen LogP contribution is -2.10. The maximum absolute atomic E-state index is 12.3. The summed E-state index contributed by atoms with van der Waals surface area (Å²) < 4.78 is 11.0. The average molecular weight is 325 g/mol. The van der Waals surface area contributed by atoms with E-state index in [4.69, 9.17) is 9.15 Å². The highest BCUT2D eigenvalue weighted by Gasteiger charge is 2.13. The van der Waals surface area contributed by atoms with Crippen molar-refractivity contribution in [2.75, 3.05) is 10.7 Å². The normalized spacial score (nSPS) is 10.2. The van der Waals surface area contributed by atoms with Gasteiger partial charge in [0, 0.05) is 6.07 Å². The summed E-state index contributed by atoms with van der Waals surface area (Å²) in [5.41, 5.74) is 2.27. The number of hydrogen-bond acceptors (Lipinski definition) is 6. The number of hydrogen-bond donors (Lipinski definition) is 2. The Labute approximate surface area is 135 Å². The standard InChI is InChI=1S/C16H11N3O5/c20-9-17-13-8-23-14-7-12(18-19-22)15(6-11(14)16(13)21)24-10-4-2-1-3-5-10/h1-9H,(H,17,20)(H,18,22). The number of ether oxygens (including phenoxy) is 1. The van der Waals surface area contributed by atoms with Crippen molar-refractivity contribution >= 4 is 28.8 Å². The van der Waals surface area contributed by atoms with Crippen molar-refractivity contribution in [3.63, 3.8) is 0 Å². The fourth-order valence-electron chi connectivity index (χ4n) is 2.16. The van der Waals surface area contributed by atoms with Crippen molar-refractivity contribution in [1.82, 2.24) is 0 Å². The number of carbonyl (C=O) groups is 1. The summed E-state index contributed by atoms with van der Waals surface area (Å²) in [7, 11) is 0. The molecular formula is C16H11N3O5. The van der Waals surface area contributed by atoms with E-state index in [1.807, 2.05) is 6.07 Å². The molecule has 0 aliphatic rings. The van der Waals surface area contributed by atoms with Crippen LogP contribution < -0.4 is 20.9 Å². The van der Waals surface area contributed by atoms with Crippen LogP contribution in [-0.4, -0.2) is 6.41 Å². The smallest absolute Gasteiger partial charge is 0.216 e. The molecule has 8 heteroatoms. The predicted octanol–water partition coefficient (Wildman–Crippen LogP) is 3.25. The van der Waals surface area contributed by atoms with Crippen molar-refractivity contribution in [3.05, 3.63) is 63.9 Å². The van der Waals surface area contributed by atoms with Crippen LogP contribution in [0.4, 0.5) is 11.4 Å². The minimum Gasteiger partial charge on any atom is -0.462 e. The lowest BCUT2D eigenvalue weighted by molar-refractivity contribution is -0.105. The molecule has 0 radical (unpaired) electrons. The van der Waals surface area contributed by atoms with Crippen molar-refractivity contribution in [2.24, 2.45) is 5.29 Å². The fourth-order valence-corrected chi connectivity index (χ4v) is 2.16. The van der Waals surface area contributed by atoms with Gasteiger partial charge in [0.1, 0.15) is 29.0 Å². The molecule has 0 atom stereocenters. The van der Waals surface area contributed by atoms with E-state index in [0.717, 1.165) is 6.26 Å². The highest BCUT2D eigenvalue weighted by Crippen LogP contribution is 2.33. The highest BCUT2D eigenvalue weighted by atomic mass is 16.5. The Kier molecular flexibility index (Phi) is 4.19. The molecule has 3 aromatic rings. The number of nitrogens with zero attached hydrogens (tertiary/aromatic N) is 1. The summed E-state index contributed by atoms with van der Waals surface area (Å²) in [6, 6.07) is 11.7. The molecule has 0 unspecified atom stereocenters. The quantitative estimate of drug-likeness (QED) is 0.409. The van der Waals surface area contributed by atoms with E-state index in [0.29, 0.717) is 12.2 Å². The molecule has 0 aliphatic heterocycles. The van der Waals surface area contributed by atoms with Crippen molar-refractivity contribution in [1.29, 1.82) is 0 Å². The number of amides is 1. The monoisotopic (exact) mass is 325 g/mol. The summed E-state index contributed by atoms with van der Waals surface area (Å²) in [6.45, 7) is 0. The second-order valence-electron chi connectivity index (χ2n) is 4.70. The summed E-state index contributed by atoms with van der Waals surface area (Å²) >= 11 is 0. The molecule has 8 nitrogen and oxygen atoms in total. The largest absolute Gasteiger partial charge is 0.462 e. The molecule has 24 heavy (non-hydrogen) atoms. The SMILES string of the molecule is O=CNc1coc2cc(NN=O)c(Oc3ccccc3)cc2c1=O. The van der Waals surface area contributed by atoms with Crippen LogP contribution in [0, 0.1) is 4.91 Å². The van der Waals surface area contributed by atoms with Gasteiger partial charge in [-0.3, -0.25) is 9.59 Å². The summed E-state index contributed by atoms with van der Waals surface area (Å²) in [6.07, 6.45) is 1.50. The molecule has 0 spiro atoms. The first-order chi connectivity index (χ1) is 11.7. The van der Waals surface area contributed by atoms with Gasteiger partial charge in [-0.05, 0) is 18.2 Å². The van der Waals surface area contributed by atoms with Crippen LogP contribution in [0.5, 0.6) is 11.5 Å². The molecule has 3 rings (SSSR count). The van der Waals surface area contributed by atoms with Crippen molar-refractivity contribution in [2.45, 2.75) is 0 Å². The molecule has 2 N–H and O–H groups in total. The third kappa shape index (κ3) is 2.93. The average Bonchev–Trinajstić information content (AvgIpc) is 2.60. The number of nitrogens with one attached hydrogen (secondary N) is 2. The van der Waals surface area contributed by atoms with Crippen LogP contribution in [0.1, 0.15) is 0 Å². The Bertz CT molecular complexity index is 953. The molecule has 0 saturated carbocycles. The topological polar surface area (TPSA) is 110 Å². The molecule has 0 aliphatic carbocycles. The maximum Gasteiger partial charge on any atom is 0.216 e. The number of para-hydroxylation sites is 1. The van der Waals surface area contributed by atoms with Crippen LogP contribution in [-0.2, 0) is 4.79 Å². The fraction of sp³-hybridized carbons (Fsp3) is 0. The third-order valence-electron chi connectivity index (χ3n) is 3.23. The van der Waals surface area contributed by atoms with Gasteiger partial charge in [0.2, 0.25) is 11.8 Å². The van der Waals surface area contributed by atoms with E-state index < -0.39 is 5.43 Å². The first-order valence-corrected chi connectivity index (χ1v) is 6.84. The Morgan fingerprint density at radius 3 is 2.62 bits per heavy atom. The predicted molar refractivity (Wildman–Crippen MR) is 88.1 cm³/mol. The Morgan fingerprint density at radius 2 is 1.92 bits per heavy atom. The van der Waals surface area contributed by atoms with Gasteiger partial charge < -0.3 is 14.5 Å². The van der Waals surface area contributed by atoms with Gasteiger partial charge in [0.25, 0.3) is 0 Å². The molecule has 0 fully saturated rings. The molecule has 1 aromatic heterocycles. The van der Waals surface area contributed by atoms with Crippen molar-refractivity contribution < 1.29 is 13.9 Å². The van der Waals surface area contributed by atoms with Gasteiger partial charge in [-0.25, -0.2) is 5.43 Å². The van der Waals surface area contributed by atoms with E-state index in [2.05, 4.69) is 16.0 Å². The minimum atomic E-state index is -0.438. The van der Waals surface area contributed by atoms with E-state index in [-0.39, 0.29) is 28.1 Å². The number of rotatable bonds is 6. The van der Waals surface area contributed by atoms with Crippen LogP contribution >= 0.6 is 0 Å². The zero-order valence-corrected chi connectivity index (χ0v) is 12.2. The lowest BCUT2D eigenvalue weighted by atomic mass is 10.2. The first-order valence-electron chi connectivity index (χ1n) is 6.84. The summed E-state index contributed by atoms with van der Waals surface area (Å²) in [4.78, 5) is 33.4. The van der Waals surface area contributed by atoms with Gasteiger partial charge >= 0.3 is 0 Å². The Hall–Kier alpha value is -3.68. The van der Waals surface area contributed by atoms with Gasteiger partial charge in [-0.15, -0.1) is 4.91 Å². The first kappa shape index (κ1) is 15.2. The molecule has 0 bridgehead atoms. The van der Waals surface area contributed by atoms with Crippen LogP contribution in [0.25, 0.3) is 11.0 Å². The summed E-state index contributed by atoms with van der Waals surface area (Å²) in [5, 5.41) is 5.08. The molecule has 2 aromatic carbocycles. The van der Waals surface area contributed by atoms with E-state index in [1.54, 1.807) is 24.3 Å². The van der Waals surface area contributed by atoms with Gasteiger partial charge in [-0.1, -0.05) is 18.2 Å². The van der Waals surface area contributed by atoms with Gasteiger partial charge in [0.15, 0.2) is 5.75 Å². The minimum absolute atomic E-state index is 0.00242. The zero-order chi connectivity index (χ0) is 16.9. The Morgan fingerprint density at radius 1 is 1.12 bits per heavy atom. The molecular weight excluding hydrogens is 314 g/mol. The van der Waals surface area contributed by atoms with Crippen LogP contribution in [0.2, 0.25) is 0 Å². The van der Waals surface area contributed by atoms with Crippen molar-refractivity contribution in [3.8, 4) is 11.5 Å². The van der Waals surface area contributed by atoms with E-state index in [9.17, 15) is 14.5 Å². The number of benzene rings is 2. The zero-order valence-electron chi connectivity index (χ0n) is 12.2. The highest BCUT2D eigenvalue weighted by molar-refractivity contribution is 5.87. The van der Waals surface area contributed by atoms with E-state index >= 15 is 0 Å². The molecule has 0 saturated heterocycles. The Balaban J connectivity index is 2.15. The summed E-state index contributed by atoms with van der Waals surface area (Å²) in [5.74, 6) is 0.723.